The van der Waals surface area contributed by atoms with Gasteiger partial charge in [0.05, 0.1) is 23.3 Å². The van der Waals surface area contributed by atoms with Gasteiger partial charge in [-0.25, -0.2) is 0 Å². The van der Waals surface area contributed by atoms with E-state index in [9.17, 15) is 0 Å². The maximum absolute atomic E-state index is 8.40. The minimum atomic E-state index is 0.527. The summed E-state index contributed by atoms with van der Waals surface area (Å²) in [7, 11) is 0. The van der Waals surface area contributed by atoms with Crippen molar-refractivity contribution in [1.82, 2.24) is 0 Å². The lowest BCUT2D eigenvalue weighted by Gasteiger charge is -1.86. The second kappa shape index (κ2) is 11.2. The van der Waals surface area contributed by atoms with Gasteiger partial charge in [-0.05, 0) is 18.2 Å². The van der Waals surface area contributed by atoms with Crippen molar-refractivity contribution in [2.24, 2.45) is 0 Å². The first-order valence-corrected chi connectivity index (χ1v) is 4.77. The summed E-state index contributed by atoms with van der Waals surface area (Å²) in [6.45, 7) is 8.00. The van der Waals surface area contributed by atoms with Gasteiger partial charge >= 0.3 is 0 Å². The van der Waals surface area contributed by atoms with E-state index in [1.807, 2.05) is 39.8 Å². The van der Waals surface area contributed by atoms with E-state index in [0.29, 0.717) is 11.1 Å². The van der Waals surface area contributed by atoms with Crippen molar-refractivity contribution >= 4 is 0 Å². The summed E-state index contributed by atoms with van der Waals surface area (Å²) in [6, 6.07) is 10.5. The van der Waals surface area contributed by atoms with Crippen LogP contribution in [0.25, 0.3) is 0 Å². The minimum Gasteiger partial charge on any atom is -0.192 e. The molecule has 1 aromatic rings. The van der Waals surface area contributed by atoms with Crippen LogP contribution in [-0.4, -0.2) is 0 Å². The fraction of sp³-hybridized carbons (Fsp3) is 0.333. The molecule has 1 rings (SSSR count). The Morgan fingerprint density at radius 2 is 1.21 bits per heavy atom. The first kappa shape index (κ1) is 14.7. The summed E-state index contributed by atoms with van der Waals surface area (Å²) in [5.41, 5.74) is 1.05. The van der Waals surface area contributed by atoms with Gasteiger partial charge in [-0.3, -0.25) is 0 Å². The predicted molar refractivity (Wildman–Crippen MR) is 58.6 cm³/mol. The Morgan fingerprint density at radius 3 is 1.50 bits per heavy atom. The molecule has 0 aromatic heterocycles. The van der Waals surface area contributed by atoms with Crippen LogP contribution in [0.5, 0.6) is 0 Å². The van der Waals surface area contributed by atoms with E-state index in [1.54, 1.807) is 24.3 Å². The average Bonchev–Trinajstić information content (AvgIpc) is 2.34. The van der Waals surface area contributed by atoms with Crippen molar-refractivity contribution in [3.63, 3.8) is 0 Å². The molecule has 0 aliphatic rings. The largest absolute Gasteiger partial charge is 0.192 e. The van der Waals surface area contributed by atoms with Crippen LogP contribution in [0.1, 0.15) is 38.8 Å². The molecule has 0 bridgehead atoms. The second-order valence-electron chi connectivity index (χ2n) is 1.80. The summed E-state index contributed by atoms with van der Waals surface area (Å²) in [5, 5.41) is 16.8. The van der Waals surface area contributed by atoms with E-state index in [1.165, 1.54) is 0 Å². The highest BCUT2D eigenvalue weighted by Crippen LogP contribution is 2.01. The molecule has 0 unspecified atom stereocenters. The molecule has 0 aliphatic heterocycles. The van der Waals surface area contributed by atoms with Gasteiger partial charge in [0.25, 0.3) is 0 Å². The van der Waals surface area contributed by atoms with Crippen molar-refractivity contribution < 1.29 is 0 Å². The molecule has 0 N–H and O–H groups in total. The molecular formula is C12H16N2. The Morgan fingerprint density at radius 1 is 0.857 bits per heavy atom. The lowest BCUT2D eigenvalue weighted by Crippen LogP contribution is -1.75. The number of benzene rings is 1. The maximum Gasteiger partial charge on any atom is 0.0992 e. The van der Waals surface area contributed by atoms with Crippen molar-refractivity contribution in [2.75, 3.05) is 0 Å². The molecule has 0 aliphatic carbocycles. The van der Waals surface area contributed by atoms with E-state index < -0.39 is 0 Å². The highest BCUT2D eigenvalue weighted by atomic mass is 14.2. The smallest absolute Gasteiger partial charge is 0.0992 e. The van der Waals surface area contributed by atoms with Gasteiger partial charge < -0.3 is 0 Å². The van der Waals surface area contributed by atoms with Crippen LogP contribution in [0.15, 0.2) is 24.3 Å². The Hall–Kier alpha value is -1.80. The number of hydrogen-bond donors (Lipinski definition) is 0. The van der Waals surface area contributed by atoms with Crippen LogP contribution in [-0.2, 0) is 0 Å². The van der Waals surface area contributed by atoms with Crippen molar-refractivity contribution in [2.45, 2.75) is 27.7 Å². The zero-order valence-electron chi connectivity index (χ0n) is 9.20. The first-order valence-electron chi connectivity index (χ1n) is 4.77. The summed E-state index contributed by atoms with van der Waals surface area (Å²) in [4.78, 5) is 0. The second-order valence-corrected chi connectivity index (χ2v) is 1.80. The summed E-state index contributed by atoms with van der Waals surface area (Å²) in [6.07, 6.45) is 0. The average molecular weight is 188 g/mol. The number of nitrogens with zero attached hydrogens (tertiary/aromatic N) is 2. The monoisotopic (exact) mass is 188 g/mol. The van der Waals surface area contributed by atoms with Crippen LogP contribution >= 0.6 is 0 Å². The van der Waals surface area contributed by atoms with Gasteiger partial charge in [0.1, 0.15) is 0 Å². The third kappa shape index (κ3) is 5.80. The molecule has 2 heteroatoms. The van der Waals surface area contributed by atoms with Gasteiger partial charge in [-0.2, -0.15) is 10.5 Å². The SMILES string of the molecule is CC.CC.N#Cc1cccc(C#N)c1. The van der Waals surface area contributed by atoms with Gasteiger partial charge in [0.15, 0.2) is 0 Å². The van der Waals surface area contributed by atoms with Crippen LogP contribution in [0, 0.1) is 22.7 Å². The zero-order valence-corrected chi connectivity index (χ0v) is 9.20. The first-order chi connectivity index (χ1) is 6.86. The molecule has 0 saturated carbocycles. The topological polar surface area (TPSA) is 47.6 Å². The molecule has 0 spiro atoms. The van der Waals surface area contributed by atoms with Crippen LogP contribution in [0.2, 0.25) is 0 Å². The van der Waals surface area contributed by atoms with E-state index in [4.69, 9.17) is 10.5 Å². The zero-order chi connectivity index (χ0) is 11.4. The molecule has 1 aromatic carbocycles. The Bertz CT molecular complexity index is 287. The molecule has 2 nitrogen and oxygen atoms in total. The summed E-state index contributed by atoms with van der Waals surface area (Å²) >= 11 is 0. The molecule has 0 atom stereocenters. The van der Waals surface area contributed by atoms with Crippen LogP contribution < -0.4 is 0 Å². The van der Waals surface area contributed by atoms with Gasteiger partial charge in [0.2, 0.25) is 0 Å². The molecule has 14 heavy (non-hydrogen) atoms. The third-order valence-corrected chi connectivity index (χ3v) is 1.12. The molecule has 0 amide bonds. The lowest BCUT2D eigenvalue weighted by atomic mass is 10.2. The van der Waals surface area contributed by atoms with Crippen molar-refractivity contribution in [3.8, 4) is 12.1 Å². The van der Waals surface area contributed by atoms with E-state index >= 15 is 0 Å². The molecule has 0 heterocycles. The van der Waals surface area contributed by atoms with Gasteiger partial charge in [-0.15, -0.1) is 0 Å². The molecule has 0 radical (unpaired) electrons. The van der Waals surface area contributed by atoms with Crippen molar-refractivity contribution in [3.05, 3.63) is 35.4 Å². The Labute approximate surface area is 86.4 Å². The normalized spacial score (nSPS) is 6.43. The van der Waals surface area contributed by atoms with E-state index in [0.717, 1.165) is 0 Å². The fourth-order valence-corrected chi connectivity index (χ4v) is 0.658. The van der Waals surface area contributed by atoms with Crippen LogP contribution in [0.3, 0.4) is 0 Å². The molecule has 0 saturated heterocycles. The number of rotatable bonds is 0. The Balaban J connectivity index is 0. The van der Waals surface area contributed by atoms with E-state index in [-0.39, 0.29) is 0 Å². The quantitative estimate of drug-likeness (QED) is 0.625. The minimum absolute atomic E-state index is 0.527. The third-order valence-electron chi connectivity index (χ3n) is 1.12. The molecular weight excluding hydrogens is 172 g/mol. The van der Waals surface area contributed by atoms with Crippen LogP contribution in [0.4, 0.5) is 0 Å². The number of nitriles is 2. The van der Waals surface area contributed by atoms with E-state index in [2.05, 4.69) is 0 Å². The fourth-order valence-electron chi connectivity index (χ4n) is 0.658. The maximum atomic E-state index is 8.40. The molecule has 0 fully saturated rings. The highest BCUT2D eigenvalue weighted by molar-refractivity contribution is 5.38. The standard InChI is InChI=1S/C8H4N2.2C2H6/c9-5-7-2-1-3-8(4-7)6-10;2*1-2/h1-4H;2*1-2H3. The lowest BCUT2D eigenvalue weighted by molar-refractivity contribution is 1.45. The highest BCUT2D eigenvalue weighted by Gasteiger charge is 1.90. The molecule has 74 valence electrons. The van der Waals surface area contributed by atoms with Gasteiger partial charge in [-0.1, -0.05) is 33.8 Å². The Kier molecular flexibility index (Phi) is 11.8. The van der Waals surface area contributed by atoms with Gasteiger partial charge in [0, 0.05) is 0 Å². The van der Waals surface area contributed by atoms with Crippen molar-refractivity contribution in [1.29, 1.82) is 10.5 Å². The summed E-state index contributed by atoms with van der Waals surface area (Å²) < 4.78 is 0. The predicted octanol–water partition coefficient (Wildman–Crippen LogP) is 3.48. The number of hydrogen-bond acceptors (Lipinski definition) is 2. The summed E-state index contributed by atoms with van der Waals surface area (Å²) in [5.74, 6) is 0.